The second-order valence-electron chi connectivity index (χ2n) is 6.03. The number of carbonyl (C=O) groups is 3. The van der Waals surface area contributed by atoms with Gasteiger partial charge >= 0.3 is 18.0 Å². The summed E-state index contributed by atoms with van der Waals surface area (Å²) in [7, 11) is 0. The summed E-state index contributed by atoms with van der Waals surface area (Å²) in [6, 6.07) is 17.7. The lowest BCUT2D eigenvalue weighted by atomic mass is 9.88. The number of carboxylic acids is 2. The molecule has 0 radical (unpaired) electrons. The number of aliphatic carboxylic acids is 2. The van der Waals surface area contributed by atoms with Crippen LogP contribution in [-0.4, -0.2) is 44.8 Å². The van der Waals surface area contributed by atoms with E-state index in [1.54, 1.807) is 0 Å². The Morgan fingerprint density at radius 2 is 1.41 bits per heavy atom. The highest BCUT2D eigenvalue weighted by molar-refractivity contribution is 5.75. The number of rotatable bonds is 4. The van der Waals surface area contributed by atoms with E-state index in [9.17, 15) is 19.5 Å². The number of hydrogen-bond acceptors (Lipinski definition) is 3. The largest absolute Gasteiger partial charge is 0.481 e. The topological polar surface area (TPSA) is 115 Å². The maximum Gasteiger partial charge on any atom is 0.408 e. The maximum absolute atomic E-state index is 11.5. The minimum absolute atomic E-state index is 0.191. The van der Waals surface area contributed by atoms with Crippen molar-refractivity contribution in [1.29, 1.82) is 0 Å². The number of nitrogens with zero attached hydrogens (tertiary/aromatic N) is 1. The Labute approximate surface area is 156 Å². The molecule has 0 saturated carbocycles. The van der Waals surface area contributed by atoms with Gasteiger partial charge in [0.25, 0.3) is 0 Å². The SMILES string of the molecule is O=C(O)CCC(=O)O.O=C(O)N1CCc2ccccc2[C@@H]1c1ccccc1. The van der Waals surface area contributed by atoms with Crippen LogP contribution in [0.15, 0.2) is 54.6 Å². The molecule has 2 aromatic rings. The monoisotopic (exact) mass is 371 g/mol. The van der Waals surface area contributed by atoms with Crippen LogP contribution in [0, 0.1) is 0 Å². The molecule has 1 atom stereocenters. The first kappa shape index (κ1) is 20.0. The lowest BCUT2D eigenvalue weighted by Crippen LogP contribution is -2.39. The summed E-state index contributed by atoms with van der Waals surface area (Å²) in [5, 5.41) is 25.2. The molecule has 1 amide bonds. The standard InChI is InChI=1S/C16H15NO2.C4H6O4/c18-16(19)17-11-10-12-6-4-5-9-14(12)15(17)13-7-2-1-3-8-13;5-3(6)1-2-4(7)8/h1-9,15H,10-11H2,(H,18,19);1-2H2,(H,5,6)(H,7,8)/t15-;/m0./s1. The van der Waals surface area contributed by atoms with Crippen LogP contribution in [0.1, 0.15) is 35.6 Å². The van der Waals surface area contributed by atoms with E-state index in [4.69, 9.17) is 10.2 Å². The molecule has 142 valence electrons. The van der Waals surface area contributed by atoms with Crippen molar-refractivity contribution in [2.24, 2.45) is 0 Å². The summed E-state index contributed by atoms with van der Waals surface area (Å²) in [5.41, 5.74) is 3.37. The number of carboxylic acid groups (broad SMARTS) is 3. The van der Waals surface area contributed by atoms with Gasteiger partial charge in [-0.25, -0.2) is 4.79 Å². The highest BCUT2D eigenvalue weighted by Crippen LogP contribution is 2.34. The normalized spacial score (nSPS) is 15.1. The molecular formula is C20H21NO6. The second-order valence-corrected chi connectivity index (χ2v) is 6.03. The Kier molecular flexibility index (Phi) is 6.93. The van der Waals surface area contributed by atoms with E-state index in [1.165, 1.54) is 10.5 Å². The van der Waals surface area contributed by atoms with E-state index in [-0.39, 0.29) is 18.9 Å². The molecule has 0 fully saturated rings. The number of hydrogen-bond donors (Lipinski definition) is 3. The minimum Gasteiger partial charge on any atom is -0.481 e. The van der Waals surface area contributed by atoms with Crippen molar-refractivity contribution in [3.63, 3.8) is 0 Å². The number of benzene rings is 2. The Balaban J connectivity index is 0.000000279. The van der Waals surface area contributed by atoms with Gasteiger partial charge < -0.3 is 15.3 Å². The van der Waals surface area contributed by atoms with E-state index < -0.39 is 18.0 Å². The molecule has 1 heterocycles. The van der Waals surface area contributed by atoms with Gasteiger partial charge in [0, 0.05) is 6.54 Å². The lowest BCUT2D eigenvalue weighted by Gasteiger charge is -2.35. The van der Waals surface area contributed by atoms with Gasteiger partial charge in [-0.05, 0) is 23.1 Å². The Hall–Kier alpha value is -3.35. The van der Waals surface area contributed by atoms with Gasteiger partial charge in [0.2, 0.25) is 0 Å². The Bertz CT molecular complexity index is 791. The van der Waals surface area contributed by atoms with Crippen LogP contribution in [-0.2, 0) is 16.0 Å². The average molecular weight is 371 g/mol. The fourth-order valence-corrected chi connectivity index (χ4v) is 2.98. The average Bonchev–Trinajstić information content (AvgIpc) is 2.66. The molecule has 3 rings (SSSR count). The van der Waals surface area contributed by atoms with Crippen LogP contribution < -0.4 is 0 Å². The maximum atomic E-state index is 11.5. The van der Waals surface area contributed by atoms with Crippen molar-refractivity contribution in [2.45, 2.75) is 25.3 Å². The number of amides is 1. The first-order valence-corrected chi connectivity index (χ1v) is 8.46. The van der Waals surface area contributed by atoms with Gasteiger partial charge in [-0.1, -0.05) is 54.6 Å². The molecule has 0 aromatic heterocycles. The van der Waals surface area contributed by atoms with E-state index in [0.29, 0.717) is 6.54 Å². The summed E-state index contributed by atoms with van der Waals surface area (Å²) < 4.78 is 0. The first-order chi connectivity index (χ1) is 12.9. The van der Waals surface area contributed by atoms with Crippen molar-refractivity contribution in [2.75, 3.05) is 6.54 Å². The van der Waals surface area contributed by atoms with E-state index in [2.05, 4.69) is 6.07 Å². The van der Waals surface area contributed by atoms with Crippen molar-refractivity contribution >= 4 is 18.0 Å². The molecule has 0 bridgehead atoms. The zero-order chi connectivity index (χ0) is 19.8. The zero-order valence-electron chi connectivity index (χ0n) is 14.6. The minimum atomic E-state index is -1.08. The Morgan fingerprint density at radius 1 is 0.852 bits per heavy atom. The molecule has 0 spiro atoms. The molecule has 2 aromatic carbocycles. The van der Waals surface area contributed by atoms with E-state index in [1.807, 2.05) is 48.5 Å². The highest BCUT2D eigenvalue weighted by atomic mass is 16.4. The summed E-state index contributed by atoms with van der Waals surface area (Å²) in [5.74, 6) is -2.15. The third kappa shape index (κ3) is 5.57. The van der Waals surface area contributed by atoms with Crippen molar-refractivity contribution in [1.82, 2.24) is 4.90 Å². The summed E-state index contributed by atoms with van der Waals surface area (Å²) >= 11 is 0. The summed E-state index contributed by atoms with van der Waals surface area (Å²) in [6.45, 7) is 0.548. The zero-order valence-corrected chi connectivity index (χ0v) is 14.6. The molecule has 3 N–H and O–H groups in total. The van der Waals surface area contributed by atoms with Crippen molar-refractivity contribution < 1.29 is 29.7 Å². The summed E-state index contributed by atoms with van der Waals surface area (Å²) in [4.78, 5) is 32.3. The smallest absolute Gasteiger partial charge is 0.408 e. The molecule has 27 heavy (non-hydrogen) atoms. The van der Waals surface area contributed by atoms with Gasteiger partial charge in [0.05, 0.1) is 18.9 Å². The fraction of sp³-hybridized carbons (Fsp3) is 0.250. The molecular weight excluding hydrogens is 350 g/mol. The lowest BCUT2D eigenvalue weighted by molar-refractivity contribution is -0.143. The van der Waals surface area contributed by atoms with Gasteiger partial charge in [0.15, 0.2) is 0 Å². The van der Waals surface area contributed by atoms with Gasteiger partial charge in [-0.2, -0.15) is 0 Å². The highest BCUT2D eigenvalue weighted by Gasteiger charge is 2.31. The molecule has 7 nitrogen and oxygen atoms in total. The van der Waals surface area contributed by atoms with Gasteiger partial charge in [-0.15, -0.1) is 0 Å². The first-order valence-electron chi connectivity index (χ1n) is 8.46. The molecule has 7 heteroatoms. The predicted molar refractivity (Wildman–Crippen MR) is 97.7 cm³/mol. The van der Waals surface area contributed by atoms with Crippen LogP contribution in [0.5, 0.6) is 0 Å². The molecule has 1 aliphatic rings. The van der Waals surface area contributed by atoms with Crippen LogP contribution in [0.2, 0.25) is 0 Å². The molecule has 0 aliphatic carbocycles. The van der Waals surface area contributed by atoms with E-state index >= 15 is 0 Å². The van der Waals surface area contributed by atoms with Crippen molar-refractivity contribution in [3.8, 4) is 0 Å². The third-order valence-corrected chi connectivity index (χ3v) is 4.20. The van der Waals surface area contributed by atoms with Gasteiger partial charge in [0.1, 0.15) is 0 Å². The molecule has 0 saturated heterocycles. The van der Waals surface area contributed by atoms with E-state index in [0.717, 1.165) is 17.5 Å². The summed E-state index contributed by atoms with van der Waals surface area (Å²) in [6.07, 6.45) is -0.667. The van der Waals surface area contributed by atoms with Gasteiger partial charge in [-0.3, -0.25) is 14.5 Å². The number of fused-ring (bicyclic) bond motifs is 1. The van der Waals surface area contributed by atoms with Crippen LogP contribution >= 0.6 is 0 Å². The van der Waals surface area contributed by atoms with Crippen molar-refractivity contribution in [3.05, 3.63) is 71.3 Å². The van der Waals surface area contributed by atoms with Crippen LogP contribution in [0.3, 0.4) is 0 Å². The molecule has 1 aliphatic heterocycles. The fourth-order valence-electron chi connectivity index (χ4n) is 2.98. The Morgan fingerprint density at radius 3 is 1.96 bits per heavy atom. The van der Waals surface area contributed by atoms with Crippen LogP contribution in [0.4, 0.5) is 4.79 Å². The quantitative estimate of drug-likeness (QED) is 0.760. The second kappa shape index (κ2) is 9.38. The van der Waals surface area contributed by atoms with Crippen LogP contribution in [0.25, 0.3) is 0 Å². The molecule has 0 unspecified atom stereocenters. The predicted octanol–water partition coefficient (Wildman–Crippen LogP) is 3.25. The third-order valence-electron chi connectivity index (χ3n) is 4.20.